The van der Waals surface area contributed by atoms with E-state index in [4.69, 9.17) is 4.18 Å². The molecule has 0 amide bonds. The number of hydrogen-bond acceptors (Lipinski definition) is 4. The van der Waals surface area contributed by atoms with E-state index in [0.29, 0.717) is 28.6 Å². The van der Waals surface area contributed by atoms with Crippen molar-refractivity contribution in [2.45, 2.75) is 25.2 Å². The Balaban J connectivity index is 1.98. The Kier molecular flexibility index (Phi) is 5.18. The van der Waals surface area contributed by atoms with Crippen LogP contribution in [0.25, 0.3) is 16.6 Å². The molecule has 0 aliphatic rings. The van der Waals surface area contributed by atoms with Gasteiger partial charge >= 0.3 is 10.1 Å². The van der Waals surface area contributed by atoms with Gasteiger partial charge in [0.1, 0.15) is 4.90 Å². The van der Waals surface area contributed by atoms with E-state index in [1.165, 1.54) is 12.1 Å². The standard InChI is InChI=1S/C24H21NO4S/c1-3-20-23(29-30(27,28)19-15-13-17(2)14-16-19)21-11-7-8-12-22(21)25(24(20)26)18-9-5-4-6-10-18/h4-16H,3H2,1-2H3. The zero-order chi connectivity index (χ0) is 21.3. The minimum absolute atomic E-state index is 0.0477. The summed E-state index contributed by atoms with van der Waals surface area (Å²) in [5.41, 5.74) is 2.25. The molecule has 0 aliphatic heterocycles. The third-order valence-electron chi connectivity index (χ3n) is 5.00. The third-order valence-corrected chi connectivity index (χ3v) is 6.23. The van der Waals surface area contributed by atoms with Crippen LogP contribution >= 0.6 is 0 Å². The molecule has 1 aromatic heterocycles. The fourth-order valence-corrected chi connectivity index (χ4v) is 4.44. The van der Waals surface area contributed by atoms with Gasteiger partial charge in [0.2, 0.25) is 0 Å². The van der Waals surface area contributed by atoms with Crippen LogP contribution in [0.3, 0.4) is 0 Å². The van der Waals surface area contributed by atoms with Gasteiger partial charge in [0, 0.05) is 11.1 Å². The second-order valence-electron chi connectivity index (χ2n) is 7.01. The average Bonchev–Trinajstić information content (AvgIpc) is 2.75. The highest BCUT2D eigenvalue weighted by Gasteiger charge is 2.24. The first-order valence-corrected chi connectivity index (χ1v) is 11.1. The lowest BCUT2D eigenvalue weighted by Crippen LogP contribution is -2.25. The van der Waals surface area contributed by atoms with Crippen LogP contribution in [0.4, 0.5) is 0 Å². The fourth-order valence-electron chi connectivity index (χ4n) is 3.47. The maximum absolute atomic E-state index is 13.4. The van der Waals surface area contributed by atoms with Crippen molar-refractivity contribution >= 4 is 21.0 Å². The van der Waals surface area contributed by atoms with Crippen molar-refractivity contribution in [3.8, 4) is 11.4 Å². The molecule has 152 valence electrons. The van der Waals surface area contributed by atoms with Crippen LogP contribution in [-0.2, 0) is 16.5 Å². The molecule has 0 bridgehead atoms. The number of rotatable bonds is 5. The normalized spacial score (nSPS) is 11.5. The lowest BCUT2D eigenvalue weighted by atomic mass is 10.1. The predicted octanol–water partition coefficient (Wildman–Crippen LogP) is 4.63. The van der Waals surface area contributed by atoms with Crippen molar-refractivity contribution in [1.82, 2.24) is 4.57 Å². The van der Waals surface area contributed by atoms with Crippen molar-refractivity contribution in [2.24, 2.45) is 0 Å². The highest BCUT2D eigenvalue weighted by atomic mass is 32.2. The number of aromatic nitrogens is 1. The summed E-state index contributed by atoms with van der Waals surface area (Å²) in [5.74, 6) is 0.0888. The topological polar surface area (TPSA) is 65.4 Å². The van der Waals surface area contributed by atoms with E-state index in [-0.39, 0.29) is 16.2 Å². The molecule has 0 N–H and O–H groups in total. The molecule has 3 aromatic carbocycles. The Morgan fingerprint density at radius 2 is 1.50 bits per heavy atom. The lowest BCUT2D eigenvalue weighted by molar-refractivity contribution is 0.485. The number of nitrogens with zero attached hydrogens (tertiary/aromatic N) is 1. The van der Waals surface area contributed by atoms with Crippen LogP contribution in [0.1, 0.15) is 18.1 Å². The van der Waals surface area contributed by atoms with E-state index < -0.39 is 10.1 Å². The van der Waals surface area contributed by atoms with Crippen molar-refractivity contribution < 1.29 is 12.6 Å². The number of hydrogen-bond donors (Lipinski definition) is 0. The van der Waals surface area contributed by atoms with E-state index in [2.05, 4.69) is 0 Å². The Hall–Kier alpha value is -3.38. The van der Waals surface area contributed by atoms with Gasteiger partial charge in [0.15, 0.2) is 5.75 Å². The van der Waals surface area contributed by atoms with E-state index in [0.717, 1.165) is 5.56 Å². The van der Waals surface area contributed by atoms with Crippen molar-refractivity contribution in [2.75, 3.05) is 0 Å². The summed E-state index contributed by atoms with van der Waals surface area (Å²) in [7, 11) is -4.10. The minimum Gasteiger partial charge on any atom is -0.378 e. The first kappa shape index (κ1) is 19.9. The lowest BCUT2D eigenvalue weighted by Gasteiger charge is -2.17. The van der Waals surface area contributed by atoms with Gasteiger partial charge in [-0.3, -0.25) is 9.36 Å². The molecule has 0 aliphatic carbocycles. The van der Waals surface area contributed by atoms with Crippen LogP contribution in [0, 0.1) is 6.92 Å². The average molecular weight is 420 g/mol. The summed E-state index contributed by atoms with van der Waals surface area (Å²) in [6.07, 6.45) is 0.329. The van der Waals surface area contributed by atoms with Gasteiger partial charge in [-0.15, -0.1) is 0 Å². The van der Waals surface area contributed by atoms with Crippen molar-refractivity contribution in [3.63, 3.8) is 0 Å². The summed E-state index contributed by atoms with van der Waals surface area (Å²) in [6, 6.07) is 22.9. The van der Waals surface area contributed by atoms with E-state index in [1.807, 2.05) is 50.2 Å². The number of fused-ring (bicyclic) bond motifs is 1. The Morgan fingerprint density at radius 1 is 0.867 bits per heavy atom. The number of benzene rings is 3. The first-order chi connectivity index (χ1) is 14.4. The zero-order valence-electron chi connectivity index (χ0n) is 16.7. The molecule has 0 atom stereocenters. The first-order valence-electron chi connectivity index (χ1n) is 9.65. The van der Waals surface area contributed by atoms with E-state index in [1.54, 1.807) is 34.9 Å². The van der Waals surface area contributed by atoms with Crippen LogP contribution in [0.2, 0.25) is 0 Å². The molecule has 5 nitrogen and oxygen atoms in total. The van der Waals surface area contributed by atoms with Gasteiger partial charge in [-0.25, -0.2) is 0 Å². The van der Waals surface area contributed by atoms with Gasteiger partial charge in [-0.2, -0.15) is 8.42 Å². The van der Waals surface area contributed by atoms with Crippen LogP contribution < -0.4 is 9.74 Å². The largest absolute Gasteiger partial charge is 0.378 e. The summed E-state index contributed by atoms with van der Waals surface area (Å²) >= 11 is 0. The number of para-hydroxylation sites is 2. The van der Waals surface area contributed by atoms with Gasteiger partial charge in [-0.05, 0) is 49.7 Å². The Labute approximate surface area is 175 Å². The summed E-state index contributed by atoms with van der Waals surface area (Å²) in [6.45, 7) is 3.69. The second-order valence-corrected chi connectivity index (χ2v) is 8.55. The van der Waals surface area contributed by atoms with Crippen molar-refractivity contribution in [1.29, 1.82) is 0 Å². The minimum atomic E-state index is -4.10. The van der Waals surface area contributed by atoms with E-state index in [9.17, 15) is 13.2 Å². The molecule has 4 aromatic rings. The van der Waals surface area contributed by atoms with E-state index >= 15 is 0 Å². The third kappa shape index (κ3) is 3.50. The maximum atomic E-state index is 13.4. The Bertz CT molecular complexity index is 1370. The second kappa shape index (κ2) is 7.80. The molecule has 4 rings (SSSR count). The molecule has 0 saturated carbocycles. The highest BCUT2D eigenvalue weighted by Crippen LogP contribution is 2.32. The summed E-state index contributed by atoms with van der Waals surface area (Å²) in [5, 5.41) is 0.563. The van der Waals surface area contributed by atoms with Gasteiger partial charge in [0.05, 0.1) is 11.1 Å². The molecule has 0 fully saturated rings. The number of aryl methyl sites for hydroxylation is 1. The molecular weight excluding hydrogens is 398 g/mol. The van der Waals surface area contributed by atoms with Crippen LogP contribution in [0.15, 0.2) is 88.6 Å². The molecule has 6 heteroatoms. The molecule has 0 spiro atoms. The van der Waals surface area contributed by atoms with Gasteiger partial charge < -0.3 is 4.18 Å². The highest BCUT2D eigenvalue weighted by molar-refractivity contribution is 7.87. The maximum Gasteiger partial charge on any atom is 0.339 e. The molecule has 0 unspecified atom stereocenters. The van der Waals surface area contributed by atoms with Gasteiger partial charge in [0.25, 0.3) is 5.56 Å². The molecular formula is C24H21NO4S. The SMILES string of the molecule is CCc1c(OS(=O)(=O)c2ccc(C)cc2)c2ccccc2n(-c2ccccc2)c1=O. The summed E-state index contributed by atoms with van der Waals surface area (Å²) in [4.78, 5) is 13.4. The fraction of sp³-hybridized carbons (Fsp3) is 0.125. The van der Waals surface area contributed by atoms with Crippen LogP contribution in [-0.4, -0.2) is 13.0 Å². The molecule has 30 heavy (non-hydrogen) atoms. The summed E-state index contributed by atoms with van der Waals surface area (Å²) < 4.78 is 33.1. The van der Waals surface area contributed by atoms with Gasteiger partial charge in [-0.1, -0.05) is 55.0 Å². The van der Waals surface area contributed by atoms with Crippen molar-refractivity contribution in [3.05, 3.63) is 100 Å². The smallest absolute Gasteiger partial charge is 0.339 e. The molecule has 0 radical (unpaired) electrons. The molecule has 0 saturated heterocycles. The monoisotopic (exact) mass is 419 g/mol. The molecule has 1 heterocycles. The zero-order valence-corrected chi connectivity index (χ0v) is 17.5. The quantitative estimate of drug-likeness (QED) is 0.443. The predicted molar refractivity (Wildman–Crippen MR) is 118 cm³/mol. The Morgan fingerprint density at radius 3 is 2.17 bits per heavy atom. The number of pyridine rings is 1. The van der Waals surface area contributed by atoms with Crippen LogP contribution in [0.5, 0.6) is 5.75 Å².